The summed E-state index contributed by atoms with van der Waals surface area (Å²) in [6, 6.07) is 25.6. The zero-order valence-electron chi connectivity index (χ0n) is 18.3. The highest BCUT2D eigenvalue weighted by molar-refractivity contribution is 7.73. The second-order valence-corrected chi connectivity index (χ2v) is 11.4. The first-order chi connectivity index (χ1) is 14.0. The minimum atomic E-state index is -0.352. The molecular formula is C28H33P. The molecule has 1 aliphatic carbocycles. The molecule has 0 saturated heterocycles. The van der Waals surface area contributed by atoms with E-state index in [9.17, 15) is 0 Å². The Morgan fingerprint density at radius 3 is 1.72 bits per heavy atom. The molecular weight excluding hydrogens is 367 g/mol. The minimum absolute atomic E-state index is 0.352. The molecule has 2 unspecified atom stereocenters. The summed E-state index contributed by atoms with van der Waals surface area (Å²) in [5.74, 6) is 0.783. The van der Waals surface area contributed by atoms with Gasteiger partial charge in [0, 0.05) is 0 Å². The summed E-state index contributed by atoms with van der Waals surface area (Å²) in [5.41, 5.74) is 7.86. The topological polar surface area (TPSA) is 0 Å². The Morgan fingerprint density at radius 1 is 0.690 bits per heavy atom. The molecule has 0 N–H and O–H groups in total. The van der Waals surface area contributed by atoms with Crippen molar-refractivity contribution in [3.8, 4) is 0 Å². The van der Waals surface area contributed by atoms with Gasteiger partial charge < -0.3 is 0 Å². The van der Waals surface area contributed by atoms with Crippen LogP contribution < -0.4 is 10.6 Å². The van der Waals surface area contributed by atoms with Crippen LogP contribution in [0.5, 0.6) is 0 Å². The van der Waals surface area contributed by atoms with Crippen LogP contribution in [0.4, 0.5) is 0 Å². The van der Waals surface area contributed by atoms with Gasteiger partial charge in [-0.2, -0.15) is 0 Å². The van der Waals surface area contributed by atoms with Gasteiger partial charge in [-0.25, -0.2) is 0 Å². The molecule has 3 aromatic carbocycles. The quantitative estimate of drug-likeness (QED) is 0.415. The van der Waals surface area contributed by atoms with Crippen molar-refractivity contribution >= 4 is 18.5 Å². The number of hydrogen-bond donors (Lipinski definition) is 0. The molecule has 0 bridgehead atoms. The van der Waals surface area contributed by atoms with E-state index in [1.54, 1.807) is 10.6 Å². The molecule has 3 aromatic rings. The van der Waals surface area contributed by atoms with E-state index in [-0.39, 0.29) is 7.92 Å². The van der Waals surface area contributed by atoms with Gasteiger partial charge in [0.15, 0.2) is 0 Å². The van der Waals surface area contributed by atoms with Crippen molar-refractivity contribution < 1.29 is 0 Å². The van der Waals surface area contributed by atoms with E-state index in [1.165, 1.54) is 53.5 Å². The van der Waals surface area contributed by atoms with Gasteiger partial charge in [0.1, 0.15) is 0 Å². The van der Waals surface area contributed by atoms with E-state index >= 15 is 0 Å². The van der Waals surface area contributed by atoms with Crippen molar-refractivity contribution in [2.45, 2.75) is 59.0 Å². The van der Waals surface area contributed by atoms with Gasteiger partial charge in [-0.3, -0.25) is 0 Å². The maximum atomic E-state index is 2.47. The fourth-order valence-corrected chi connectivity index (χ4v) is 8.78. The molecule has 0 aromatic heterocycles. The Balaban J connectivity index is 1.76. The number of hydrogen-bond acceptors (Lipinski definition) is 0. The van der Waals surface area contributed by atoms with Crippen LogP contribution in [-0.2, 0) is 6.42 Å². The number of benzene rings is 3. The summed E-state index contributed by atoms with van der Waals surface area (Å²) in [4.78, 5) is 0. The lowest BCUT2D eigenvalue weighted by Gasteiger charge is -2.31. The third-order valence-electron chi connectivity index (χ3n) is 6.26. The normalized spacial score (nSPS) is 19.1. The summed E-state index contributed by atoms with van der Waals surface area (Å²) in [6.07, 6.45) is 5.33. The van der Waals surface area contributed by atoms with Gasteiger partial charge in [0.25, 0.3) is 0 Å². The molecule has 2 atom stereocenters. The van der Waals surface area contributed by atoms with Crippen LogP contribution in [0.3, 0.4) is 0 Å². The molecule has 1 heteroatoms. The minimum Gasteiger partial charge on any atom is -0.0622 e. The molecule has 1 aliphatic rings. The monoisotopic (exact) mass is 400 g/mol. The Bertz CT molecular complexity index is 881. The van der Waals surface area contributed by atoms with Crippen molar-refractivity contribution in [2.75, 3.05) is 0 Å². The fourth-order valence-electron chi connectivity index (χ4n) is 5.22. The third-order valence-corrected chi connectivity index (χ3v) is 9.23. The zero-order valence-corrected chi connectivity index (χ0v) is 19.2. The lowest BCUT2D eigenvalue weighted by Crippen LogP contribution is -2.26. The maximum absolute atomic E-state index is 2.47. The number of aryl methyl sites for hydroxylation is 4. The Morgan fingerprint density at radius 2 is 1.21 bits per heavy atom. The molecule has 0 heterocycles. The number of rotatable bonds is 5. The van der Waals surface area contributed by atoms with Crippen LogP contribution in [0.25, 0.3) is 0 Å². The summed E-state index contributed by atoms with van der Waals surface area (Å²) in [6.45, 7) is 9.01. The van der Waals surface area contributed by atoms with E-state index < -0.39 is 0 Å². The predicted molar refractivity (Wildman–Crippen MR) is 129 cm³/mol. The van der Waals surface area contributed by atoms with Gasteiger partial charge >= 0.3 is 0 Å². The van der Waals surface area contributed by atoms with Crippen molar-refractivity contribution in [2.24, 2.45) is 5.92 Å². The van der Waals surface area contributed by atoms with Gasteiger partial charge in [-0.1, -0.05) is 95.4 Å². The van der Waals surface area contributed by atoms with Crippen LogP contribution in [0, 0.1) is 33.6 Å². The smallest absolute Gasteiger partial charge is 0.00973 e. The largest absolute Gasteiger partial charge is 0.0622 e. The van der Waals surface area contributed by atoms with E-state index in [0.717, 1.165) is 11.6 Å². The highest BCUT2D eigenvalue weighted by atomic mass is 31.1. The molecule has 0 aliphatic heterocycles. The molecule has 29 heavy (non-hydrogen) atoms. The molecule has 1 saturated carbocycles. The molecule has 4 rings (SSSR count). The van der Waals surface area contributed by atoms with Crippen LogP contribution in [0.2, 0.25) is 0 Å². The fraction of sp³-hybridized carbons (Fsp3) is 0.357. The highest BCUT2D eigenvalue weighted by Gasteiger charge is 2.35. The van der Waals surface area contributed by atoms with Crippen molar-refractivity contribution in [1.29, 1.82) is 0 Å². The van der Waals surface area contributed by atoms with E-state index in [0.29, 0.717) is 0 Å². The van der Waals surface area contributed by atoms with Gasteiger partial charge in [0.05, 0.1) is 0 Å². The standard InChI is InChI=1S/C28H33P/c1-20-13-21(2)16-26(15-20)29(27-17-22(3)14-23(4)18-27)28-12-8-11-25(28)19-24-9-6-5-7-10-24/h5-7,9-10,13-18,25,28H,8,11-12,19H2,1-4H3. The summed E-state index contributed by atoms with van der Waals surface area (Å²) < 4.78 is 0. The predicted octanol–water partition coefficient (Wildman–Crippen LogP) is 6.76. The van der Waals surface area contributed by atoms with Crippen LogP contribution in [0.1, 0.15) is 47.1 Å². The summed E-state index contributed by atoms with van der Waals surface area (Å²) in [5, 5.41) is 3.15. The first-order valence-corrected chi connectivity index (χ1v) is 12.4. The second-order valence-electron chi connectivity index (χ2n) is 9.01. The molecule has 0 nitrogen and oxygen atoms in total. The van der Waals surface area contributed by atoms with Crippen molar-refractivity contribution in [1.82, 2.24) is 0 Å². The second kappa shape index (κ2) is 8.85. The Hall–Kier alpha value is -1.91. The molecule has 150 valence electrons. The summed E-state index contributed by atoms with van der Waals surface area (Å²) in [7, 11) is -0.352. The van der Waals surface area contributed by atoms with Crippen LogP contribution in [-0.4, -0.2) is 5.66 Å². The zero-order chi connectivity index (χ0) is 20.4. The lowest BCUT2D eigenvalue weighted by molar-refractivity contribution is 0.554. The van der Waals surface area contributed by atoms with Crippen LogP contribution >= 0.6 is 7.92 Å². The molecule has 0 radical (unpaired) electrons. The SMILES string of the molecule is Cc1cc(C)cc(P(c2cc(C)cc(C)c2)C2CCCC2Cc2ccccc2)c1. The van der Waals surface area contributed by atoms with Gasteiger partial charge in [-0.05, 0) is 82.6 Å². The summed E-state index contributed by atoms with van der Waals surface area (Å²) >= 11 is 0. The van der Waals surface area contributed by atoms with E-state index in [4.69, 9.17) is 0 Å². The highest BCUT2D eigenvalue weighted by Crippen LogP contribution is 2.51. The lowest BCUT2D eigenvalue weighted by atomic mass is 9.98. The Labute approximate surface area is 178 Å². The average molecular weight is 401 g/mol. The van der Waals surface area contributed by atoms with Crippen LogP contribution in [0.15, 0.2) is 66.7 Å². The first-order valence-electron chi connectivity index (χ1n) is 11.0. The third kappa shape index (κ3) is 4.81. The first kappa shape index (κ1) is 20.4. The molecule has 1 fully saturated rings. The average Bonchev–Trinajstić information content (AvgIpc) is 3.09. The van der Waals surface area contributed by atoms with E-state index in [2.05, 4.69) is 94.4 Å². The van der Waals surface area contributed by atoms with Crippen molar-refractivity contribution in [3.05, 3.63) is 94.5 Å². The van der Waals surface area contributed by atoms with E-state index in [1.807, 2.05) is 0 Å². The van der Waals surface area contributed by atoms with Crippen molar-refractivity contribution in [3.63, 3.8) is 0 Å². The van der Waals surface area contributed by atoms with Gasteiger partial charge in [0.2, 0.25) is 0 Å². The molecule has 0 spiro atoms. The van der Waals surface area contributed by atoms with Gasteiger partial charge in [-0.15, -0.1) is 0 Å². The Kier molecular flexibility index (Phi) is 6.21. The molecule has 0 amide bonds. The maximum Gasteiger partial charge on any atom is -0.00973 e.